The Bertz CT molecular complexity index is 623. The van der Waals surface area contributed by atoms with Crippen LogP contribution in [0.15, 0.2) is 24.3 Å². The van der Waals surface area contributed by atoms with Gasteiger partial charge in [-0.2, -0.15) is 0 Å². The van der Waals surface area contributed by atoms with Crippen molar-refractivity contribution < 1.29 is 18.8 Å². The van der Waals surface area contributed by atoms with Crippen LogP contribution < -0.4 is 5.46 Å². The minimum atomic E-state index is -0.720. The first-order valence-corrected chi connectivity index (χ1v) is 8.85. The molecule has 1 aliphatic rings. The van der Waals surface area contributed by atoms with E-state index >= 15 is 0 Å². The summed E-state index contributed by atoms with van der Waals surface area (Å²) in [7, 11) is -0.399. The van der Waals surface area contributed by atoms with Gasteiger partial charge in [0.05, 0.1) is 16.6 Å². The van der Waals surface area contributed by atoms with Crippen molar-refractivity contribution in [1.82, 2.24) is 0 Å². The number of carbonyl (C=O) groups excluding carboxylic acids is 1. The summed E-state index contributed by atoms with van der Waals surface area (Å²) in [6, 6.07) is 7.82. The highest BCUT2D eigenvalue weighted by Gasteiger charge is 2.51. The molecule has 1 fully saturated rings. The van der Waals surface area contributed by atoms with Crippen molar-refractivity contribution in [3.05, 3.63) is 29.8 Å². The van der Waals surface area contributed by atoms with Crippen LogP contribution >= 0.6 is 0 Å². The SMILES string of the molecule is CC(C)(C)OC(=O)C(C)(C)c1ccc(B2OC(C)(C)C(C)(C)O2)cc1. The minimum Gasteiger partial charge on any atom is -0.459 e. The van der Waals surface area contributed by atoms with Crippen molar-refractivity contribution >= 4 is 18.6 Å². The number of esters is 1. The molecule has 1 saturated heterocycles. The van der Waals surface area contributed by atoms with E-state index in [1.165, 1.54) is 0 Å². The Hall–Kier alpha value is -1.33. The first-order chi connectivity index (χ1) is 11.2. The third kappa shape index (κ3) is 4.09. The summed E-state index contributed by atoms with van der Waals surface area (Å²) in [6.45, 7) is 17.5. The zero-order chi connectivity index (χ0) is 19.3. The Morgan fingerprint density at radius 2 is 1.36 bits per heavy atom. The van der Waals surface area contributed by atoms with E-state index in [1.54, 1.807) is 0 Å². The molecule has 0 unspecified atom stereocenters. The van der Waals surface area contributed by atoms with E-state index in [-0.39, 0.29) is 17.2 Å². The van der Waals surface area contributed by atoms with Crippen molar-refractivity contribution in [3.63, 3.8) is 0 Å². The Morgan fingerprint density at radius 3 is 1.76 bits per heavy atom. The average Bonchev–Trinajstić information content (AvgIpc) is 2.65. The van der Waals surface area contributed by atoms with Crippen molar-refractivity contribution in [3.8, 4) is 0 Å². The maximum atomic E-state index is 12.5. The van der Waals surface area contributed by atoms with E-state index in [0.29, 0.717) is 0 Å². The average molecular weight is 346 g/mol. The van der Waals surface area contributed by atoms with Gasteiger partial charge in [-0.25, -0.2) is 0 Å². The van der Waals surface area contributed by atoms with E-state index in [2.05, 4.69) is 0 Å². The largest absolute Gasteiger partial charge is 0.494 e. The molecule has 0 atom stereocenters. The number of benzene rings is 1. The van der Waals surface area contributed by atoms with Crippen molar-refractivity contribution in [2.45, 2.75) is 84.5 Å². The van der Waals surface area contributed by atoms with Gasteiger partial charge in [-0.3, -0.25) is 4.79 Å². The Balaban J connectivity index is 2.19. The Morgan fingerprint density at radius 1 is 0.920 bits per heavy atom. The number of hydrogen-bond donors (Lipinski definition) is 0. The molecule has 5 heteroatoms. The van der Waals surface area contributed by atoms with Gasteiger partial charge in [0.15, 0.2) is 0 Å². The molecule has 1 aliphatic heterocycles. The van der Waals surface area contributed by atoms with Crippen molar-refractivity contribution in [2.24, 2.45) is 0 Å². The summed E-state index contributed by atoms with van der Waals surface area (Å²) in [4.78, 5) is 12.5. The van der Waals surface area contributed by atoms with Gasteiger partial charge in [-0.15, -0.1) is 0 Å². The fourth-order valence-corrected chi connectivity index (χ4v) is 2.56. The maximum Gasteiger partial charge on any atom is 0.494 e. The smallest absolute Gasteiger partial charge is 0.459 e. The monoisotopic (exact) mass is 346 g/mol. The second-order valence-electron chi connectivity index (χ2n) is 9.34. The zero-order valence-electron chi connectivity index (χ0n) is 17.0. The molecule has 138 valence electrons. The number of hydrogen-bond acceptors (Lipinski definition) is 4. The number of ether oxygens (including phenoxy) is 1. The summed E-state index contributed by atoms with van der Waals surface area (Å²) in [6.07, 6.45) is 0. The molecule has 1 aromatic carbocycles. The van der Waals surface area contributed by atoms with E-state index in [4.69, 9.17) is 14.0 Å². The van der Waals surface area contributed by atoms with E-state index in [0.717, 1.165) is 11.0 Å². The van der Waals surface area contributed by atoms with Gasteiger partial charge >= 0.3 is 13.1 Å². The second-order valence-corrected chi connectivity index (χ2v) is 9.34. The molecule has 0 aliphatic carbocycles. The first-order valence-electron chi connectivity index (χ1n) is 8.85. The van der Waals surface area contributed by atoms with Gasteiger partial charge in [0.2, 0.25) is 0 Å². The lowest BCUT2D eigenvalue weighted by molar-refractivity contribution is -0.160. The lowest BCUT2D eigenvalue weighted by Gasteiger charge is -2.32. The zero-order valence-corrected chi connectivity index (χ0v) is 17.0. The molecule has 0 N–H and O–H groups in total. The molecule has 0 radical (unpaired) electrons. The maximum absolute atomic E-state index is 12.5. The van der Waals surface area contributed by atoms with Crippen LogP contribution in [0.5, 0.6) is 0 Å². The van der Waals surface area contributed by atoms with Gasteiger partial charge in [-0.05, 0) is 73.3 Å². The molecule has 2 rings (SSSR count). The van der Waals surface area contributed by atoms with Crippen LogP contribution in [0.3, 0.4) is 0 Å². The van der Waals surface area contributed by atoms with Crippen LogP contribution in [0.2, 0.25) is 0 Å². The van der Waals surface area contributed by atoms with E-state index in [1.807, 2.05) is 86.6 Å². The topological polar surface area (TPSA) is 44.8 Å². The van der Waals surface area contributed by atoms with Crippen LogP contribution in [-0.4, -0.2) is 29.9 Å². The molecule has 0 spiro atoms. The summed E-state index contributed by atoms with van der Waals surface area (Å²) >= 11 is 0. The van der Waals surface area contributed by atoms with Crippen LogP contribution in [0.1, 0.15) is 67.9 Å². The quantitative estimate of drug-likeness (QED) is 0.620. The van der Waals surface area contributed by atoms with Crippen LogP contribution in [0.25, 0.3) is 0 Å². The summed E-state index contributed by atoms with van der Waals surface area (Å²) in [5, 5.41) is 0. The molecular formula is C20H31BO4. The molecule has 0 bridgehead atoms. The summed E-state index contributed by atoms with van der Waals surface area (Å²) in [5.41, 5.74) is -0.110. The predicted octanol–water partition coefficient (Wildman–Crippen LogP) is 3.61. The highest BCUT2D eigenvalue weighted by molar-refractivity contribution is 6.62. The number of rotatable bonds is 3. The first kappa shape index (κ1) is 20.0. The molecule has 1 aromatic rings. The van der Waals surface area contributed by atoms with Gasteiger partial charge < -0.3 is 14.0 Å². The van der Waals surface area contributed by atoms with Crippen LogP contribution in [-0.2, 0) is 24.3 Å². The normalized spacial score (nSPS) is 19.8. The summed E-state index contributed by atoms with van der Waals surface area (Å²) < 4.78 is 17.7. The molecule has 25 heavy (non-hydrogen) atoms. The molecule has 4 nitrogen and oxygen atoms in total. The lowest BCUT2D eigenvalue weighted by Crippen LogP contribution is -2.41. The molecule has 0 saturated carbocycles. The van der Waals surface area contributed by atoms with E-state index in [9.17, 15) is 4.79 Å². The second kappa shape index (κ2) is 6.13. The molecule has 0 aromatic heterocycles. The van der Waals surface area contributed by atoms with Gasteiger partial charge in [0.1, 0.15) is 5.60 Å². The van der Waals surface area contributed by atoms with Crippen molar-refractivity contribution in [1.29, 1.82) is 0 Å². The minimum absolute atomic E-state index is 0.233. The number of carbonyl (C=O) groups is 1. The standard InChI is InChI=1S/C20H31BO4/c1-17(2,3)23-16(22)18(4,5)14-10-12-15(13-11-14)21-24-19(6,7)20(8,9)25-21/h10-13H,1-9H3. The lowest BCUT2D eigenvalue weighted by atomic mass is 9.76. The highest BCUT2D eigenvalue weighted by Crippen LogP contribution is 2.36. The highest BCUT2D eigenvalue weighted by atomic mass is 16.7. The third-order valence-corrected chi connectivity index (χ3v) is 5.07. The molecule has 1 heterocycles. The molecular weight excluding hydrogens is 315 g/mol. The van der Waals surface area contributed by atoms with Gasteiger partial charge in [0, 0.05) is 0 Å². The van der Waals surface area contributed by atoms with Gasteiger partial charge in [-0.1, -0.05) is 24.3 Å². The summed E-state index contributed by atoms with van der Waals surface area (Å²) in [5.74, 6) is -0.233. The van der Waals surface area contributed by atoms with Crippen molar-refractivity contribution in [2.75, 3.05) is 0 Å². The Labute approximate surface area is 152 Å². The van der Waals surface area contributed by atoms with Gasteiger partial charge in [0.25, 0.3) is 0 Å². The van der Waals surface area contributed by atoms with E-state index < -0.39 is 18.1 Å². The van der Waals surface area contributed by atoms with Crippen LogP contribution in [0, 0.1) is 0 Å². The fraction of sp³-hybridized carbons (Fsp3) is 0.650. The van der Waals surface area contributed by atoms with Crippen LogP contribution in [0.4, 0.5) is 0 Å². The Kier molecular flexibility index (Phi) is 4.91. The fourth-order valence-electron chi connectivity index (χ4n) is 2.56. The third-order valence-electron chi connectivity index (χ3n) is 5.07. The molecule has 0 amide bonds. The predicted molar refractivity (Wildman–Crippen MR) is 101 cm³/mol.